The lowest BCUT2D eigenvalue weighted by molar-refractivity contribution is -0.147. The monoisotopic (exact) mass is 461 g/mol. The molecule has 3 aromatic rings. The number of nitrogens with zero attached hydrogens (tertiary/aromatic N) is 4. The van der Waals surface area contributed by atoms with Crippen molar-refractivity contribution in [3.05, 3.63) is 87.3 Å². The first kappa shape index (κ1) is 22.5. The van der Waals surface area contributed by atoms with Crippen molar-refractivity contribution in [3.8, 4) is 6.07 Å². The van der Waals surface area contributed by atoms with Crippen LogP contribution in [0.5, 0.6) is 0 Å². The van der Waals surface area contributed by atoms with E-state index < -0.39 is 17.4 Å². The van der Waals surface area contributed by atoms with Crippen molar-refractivity contribution in [3.63, 3.8) is 0 Å². The van der Waals surface area contributed by atoms with E-state index in [-0.39, 0.29) is 17.5 Å². The largest absolute Gasteiger partial charge is 0.733 e. The molecule has 1 aliphatic rings. The number of benzene rings is 2. The van der Waals surface area contributed by atoms with Gasteiger partial charge in [0.2, 0.25) is 0 Å². The molecule has 1 aliphatic heterocycles. The van der Waals surface area contributed by atoms with Gasteiger partial charge in [-0.05, 0) is 55.1 Å². The number of esters is 1. The summed E-state index contributed by atoms with van der Waals surface area (Å²) in [7, 11) is 0. The number of carbonyl (C=O) groups is 1. The molecule has 2 aromatic carbocycles. The van der Waals surface area contributed by atoms with Crippen LogP contribution in [0, 0.1) is 23.5 Å². The standard InChI is InChI=1S/C24H21N4O4S/c1-3-32-23(29)24(15-25)21(17-8-6-16(2)7-9-17)22(20-5-4-14-33-20)26-27(24)18-10-12-19(13-11-18)28(30)31/h4-14,21,30H,3H2,1-2H3/q-1. The second-order valence-electron chi connectivity index (χ2n) is 7.51. The molecule has 2 atom stereocenters. The van der Waals surface area contributed by atoms with E-state index in [1.807, 2.05) is 48.7 Å². The van der Waals surface area contributed by atoms with Crippen LogP contribution in [0.2, 0.25) is 0 Å². The Balaban J connectivity index is 1.96. The van der Waals surface area contributed by atoms with Crippen LogP contribution < -0.4 is 10.2 Å². The molecule has 168 valence electrons. The zero-order chi connectivity index (χ0) is 23.6. The molecule has 1 aromatic heterocycles. The minimum atomic E-state index is -1.82. The predicted molar refractivity (Wildman–Crippen MR) is 126 cm³/mol. The van der Waals surface area contributed by atoms with Crippen molar-refractivity contribution in [2.45, 2.75) is 25.3 Å². The Morgan fingerprint density at radius 1 is 1.27 bits per heavy atom. The lowest BCUT2D eigenvalue weighted by Crippen LogP contribution is -2.54. The molecule has 0 saturated carbocycles. The summed E-state index contributed by atoms with van der Waals surface area (Å²) in [6.45, 7) is 3.74. The molecule has 0 spiro atoms. The Hall–Kier alpha value is -3.71. The smallest absolute Gasteiger partial charge is 0.350 e. The summed E-state index contributed by atoms with van der Waals surface area (Å²) in [6.07, 6.45) is 0. The molecule has 33 heavy (non-hydrogen) atoms. The molecule has 2 heterocycles. The van der Waals surface area contributed by atoms with E-state index in [0.717, 1.165) is 16.0 Å². The molecule has 8 nitrogen and oxygen atoms in total. The van der Waals surface area contributed by atoms with Gasteiger partial charge in [0, 0.05) is 0 Å². The Kier molecular flexibility index (Phi) is 6.16. The zero-order valence-corrected chi connectivity index (χ0v) is 18.8. The van der Waals surface area contributed by atoms with Crippen molar-refractivity contribution in [2.75, 3.05) is 16.8 Å². The van der Waals surface area contributed by atoms with Crippen LogP contribution >= 0.6 is 11.3 Å². The zero-order valence-electron chi connectivity index (χ0n) is 18.0. The van der Waals surface area contributed by atoms with E-state index in [0.29, 0.717) is 11.4 Å². The number of ether oxygens (including phenoxy) is 1. The number of rotatable bonds is 6. The molecule has 9 heteroatoms. The van der Waals surface area contributed by atoms with Gasteiger partial charge in [0.25, 0.3) is 5.54 Å². The highest BCUT2D eigenvalue weighted by Gasteiger charge is 2.60. The SMILES string of the molecule is CCOC(=O)C1(C#N)C(c2ccc(C)cc2)C(c2cccs2)=NN1c1ccc(N([O-])O)cc1. The van der Waals surface area contributed by atoms with Crippen LogP contribution in [0.25, 0.3) is 0 Å². The maximum absolute atomic E-state index is 13.5. The molecule has 0 saturated heterocycles. The average molecular weight is 462 g/mol. The first-order chi connectivity index (χ1) is 15.9. The Bertz CT molecular complexity index is 1200. The number of hydrazone groups is 1. The van der Waals surface area contributed by atoms with E-state index in [4.69, 9.17) is 9.84 Å². The molecule has 0 radical (unpaired) electrons. The Labute approximate surface area is 195 Å². The lowest BCUT2D eigenvalue weighted by Gasteiger charge is -2.34. The molecule has 0 aliphatic carbocycles. The summed E-state index contributed by atoms with van der Waals surface area (Å²) in [4.78, 5) is 14.3. The number of hydrogen-bond acceptors (Lipinski definition) is 9. The number of thiophene rings is 1. The summed E-state index contributed by atoms with van der Waals surface area (Å²) in [6, 6.07) is 19.5. The fraction of sp³-hybridized carbons (Fsp3) is 0.208. The van der Waals surface area contributed by atoms with Gasteiger partial charge in [0.05, 0.1) is 34.5 Å². The number of hydrogen-bond donors (Lipinski definition) is 1. The van der Waals surface area contributed by atoms with Gasteiger partial charge in [0.15, 0.2) is 0 Å². The Morgan fingerprint density at radius 2 is 1.97 bits per heavy atom. The van der Waals surface area contributed by atoms with Gasteiger partial charge in [-0.15, -0.1) is 11.3 Å². The molecule has 4 rings (SSSR count). The van der Waals surface area contributed by atoms with E-state index in [1.165, 1.54) is 40.6 Å². The fourth-order valence-electron chi connectivity index (χ4n) is 3.92. The number of carbonyl (C=O) groups excluding carboxylic acids is 1. The molecule has 1 N–H and O–H groups in total. The van der Waals surface area contributed by atoms with Gasteiger partial charge < -0.3 is 15.2 Å². The van der Waals surface area contributed by atoms with E-state index in [9.17, 15) is 20.5 Å². The second-order valence-corrected chi connectivity index (χ2v) is 8.45. The molecular formula is C24H21N4O4S-. The first-order valence-electron chi connectivity index (χ1n) is 10.3. The summed E-state index contributed by atoms with van der Waals surface area (Å²) in [5.74, 6) is -1.45. The highest BCUT2D eigenvalue weighted by Crippen LogP contribution is 2.46. The van der Waals surface area contributed by atoms with Crippen molar-refractivity contribution in [1.82, 2.24) is 0 Å². The summed E-state index contributed by atoms with van der Waals surface area (Å²) in [5, 5.41) is 38.7. The highest BCUT2D eigenvalue weighted by molar-refractivity contribution is 7.12. The van der Waals surface area contributed by atoms with Gasteiger partial charge in [-0.2, -0.15) is 10.4 Å². The maximum Gasteiger partial charge on any atom is 0.350 e. The third-order valence-electron chi connectivity index (χ3n) is 5.49. The molecule has 2 unspecified atom stereocenters. The quantitative estimate of drug-likeness (QED) is 0.422. The predicted octanol–water partition coefficient (Wildman–Crippen LogP) is 4.58. The first-order valence-corrected chi connectivity index (χ1v) is 11.1. The maximum atomic E-state index is 13.5. The molecule has 0 bridgehead atoms. The lowest BCUT2D eigenvalue weighted by atomic mass is 9.77. The fourth-order valence-corrected chi connectivity index (χ4v) is 4.66. The van der Waals surface area contributed by atoms with Gasteiger partial charge >= 0.3 is 5.97 Å². The molecule has 0 amide bonds. The van der Waals surface area contributed by atoms with E-state index in [2.05, 4.69) is 6.07 Å². The van der Waals surface area contributed by atoms with Gasteiger partial charge in [-0.1, -0.05) is 35.9 Å². The van der Waals surface area contributed by atoms with Crippen LogP contribution in [0.1, 0.15) is 28.8 Å². The van der Waals surface area contributed by atoms with Crippen LogP contribution in [0.15, 0.2) is 71.1 Å². The average Bonchev–Trinajstić information content (AvgIpc) is 3.46. The second kappa shape index (κ2) is 9.03. The van der Waals surface area contributed by atoms with E-state index in [1.54, 1.807) is 6.92 Å². The minimum absolute atomic E-state index is 0.00850. The third-order valence-corrected chi connectivity index (χ3v) is 6.38. The minimum Gasteiger partial charge on any atom is -0.733 e. The Morgan fingerprint density at radius 3 is 2.52 bits per heavy atom. The van der Waals surface area contributed by atoms with Crippen LogP contribution in [0.3, 0.4) is 0 Å². The topological polar surface area (TPSA) is 112 Å². The summed E-state index contributed by atoms with van der Waals surface area (Å²) < 4.78 is 5.40. The van der Waals surface area contributed by atoms with Gasteiger partial charge in [-0.3, -0.25) is 5.21 Å². The van der Waals surface area contributed by atoms with Crippen LogP contribution in [-0.2, 0) is 9.53 Å². The number of anilines is 2. The van der Waals surface area contributed by atoms with Crippen molar-refractivity contribution < 1.29 is 14.7 Å². The van der Waals surface area contributed by atoms with E-state index >= 15 is 0 Å². The highest BCUT2D eigenvalue weighted by atomic mass is 32.1. The summed E-state index contributed by atoms with van der Waals surface area (Å²) in [5.41, 5.74) is 0.960. The van der Waals surface area contributed by atoms with Crippen molar-refractivity contribution >= 4 is 34.4 Å². The van der Waals surface area contributed by atoms with Crippen LogP contribution in [-0.4, -0.2) is 29.0 Å². The summed E-state index contributed by atoms with van der Waals surface area (Å²) >= 11 is 1.46. The van der Waals surface area contributed by atoms with Gasteiger partial charge in [-0.25, -0.2) is 9.80 Å². The number of nitriles is 1. The third kappa shape index (κ3) is 3.85. The van der Waals surface area contributed by atoms with Crippen molar-refractivity contribution in [2.24, 2.45) is 5.10 Å². The van der Waals surface area contributed by atoms with Gasteiger partial charge in [0.1, 0.15) is 6.07 Å². The van der Waals surface area contributed by atoms with Crippen molar-refractivity contribution in [1.29, 1.82) is 5.26 Å². The van der Waals surface area contributed by atoms with Crippen LogP contribution in [0.4, 0.5) is 11.4 Å². The molecule has 0 fully saturated rings. The normalized spacial score (nSPS) is 19.7. The molecular weight excluding hydrogens is 440 g/mol. The number of aryl methyl sites for hydroxylation is 1.